The van der Waals surface area contributed by atoms with Gasteiger partial charge in [0.05, 0.1) is 16.3 Å². The molecule has 0 aliphatic carbocycles. The summed E-state index contributed by atoms with van der Waals surface area (Å²) in [4.78, 5) is 25.7. The number of aliphatic hydroxyl groups excluding tert-OH is 1. The van der Waals surface area contributed by atoms with Crippen LogP contribution in [0.15, 0.2) is 47.6 Å². The lowest BCUT2D eigenvalue weighted by Gasteiger charge is -2.33. The highest BCUT2D eigenvalue weighted by Gasteiger charge is 2.24. The maximum Gasteiger partial charge on any atom is 0.260 e. The Morgan fingerprint density at radius 1 is 1.21 bits per heavy atom. The van der Waals surface area contributed by atoms with E-state index >= 15 is 0 Å². The van der Waals surface area contributed by atoms with Gasteiger partial charge in [-0.1, -0.05) is 23.7 Å². The van der Waals surface area contributed by atoms with E-state index in [9.17, 15) is 14.7 Å². The quantitative estimate of drug-likeness (QED) is 0.421. The molecule has 0 saturated carbocycles. The third-order valence-electron chi connectivity index (χ3n) is 6.45. The fourth-order valence-corrected chi connectivity index (χ4v) is 4.51. The minimum Gasteiger partial charge on any atom is -0.489 e. The zero-order chi connectivity index (χ0) is 26.9. The molecule has 11 heteroatoms. The summed E-state index contributed by atoms with van der Waals surface area (Å²) in [7, 11) is 0. The van der Waals surface area contributed by atoms with Gasteiger partial charge in [0.25, 0.3) is 5.91 Å². The third-order valence-corrected chi connectivity index (χ3v) is 6.74. The fourth-order valence-electron chi connectivity index (χ4n) is 4.28. The molecule has 2 aliphatic heterocycles. The van der Waals surface area contributed by atoms with Crippen molar-refractivity contribution in [3.8, 4) is 17.6 Å². The number of hydrazone groups is 1. The largest absolute Gasteiger partial charge is 0.489 e. The first-order valence-electron chi connectivity index (χ1n) is 12.5. The average Bonchev–Trinajstić information content (AvgIpc) is 2.95. The highest BCUT2D eigenvalue weighted by Crippen LogP contribution is 2.27. The number of nitrogens with zero attached hydrogens (tertiary/aromatic N) is 3. The Bertz CT molecular complexity index is 1220. The Labute approximate surface area is 226 Å². The Morgan fingerprint density at radius 3 is 2.71 bits per heavy atom. The highest BCUT2D eigenvalue weighted by molar-refractivity contribution is 6.32. The minimum atomic E-state index is -0.727. The molecule has 2 heterocycles. The van der Waals surface area contributed by atoms with Gasteiger partial charge < -0.3 is 24.8 Å². The number of rotatable bonds is 10. The highest BCUT2D eigenvalue weighted by atomic mass is 35.5. The van der Waals surface area contributed by atoms with Crippen molar-refractivity contribution < 1.29 is 24.2 Å². The van der Waals surface area contributed by atoms with Crippen LogP contribution in [0.1, 0.15) is 36.8 Å². The summed E-state index contributed by atoms with van der Waals surface area (Å²) in [5.74, 6) is 0.635. The van der Waals surface area contributed by atoms with Crippen LogP contribution in [0.2, 0.25) is 5.02 Å². The van der Waals surface area contributed by atoms with Gasteiger partial charge in [-0.05, 0) is 48.7 Å². The monoisotopic (exact) mass is 539 g/mol. The molecule has 0 radical (unpaired) electrons. The van der Waals surface area contributed by atoms with Gasteiger partial charge in [-0.2, -0.15) is 10.4 Å². The average molecular weight is 540 g/mol. The molecule has 0 aromatic heterocycles. The molecular weight excluding hydrogens is 510 g/mol. The Morgan fingerprint density at radius 2 is 2.00 bits per heavy atom. The van der Waals surface area contributed by atoms with E-state index in [1.165, 1.54) is 0 Å². The van der Waals surface area contributed by atoms with Gasteiger partial charge >= 0.3 is 0 Å². The van der Waals surface area contributed by atoms with E-state index in [4.69, 9.17) is 26.3 Å². The molecule has 0 unspecified atom stereocenters. The first kappa shape index (κ1) is 27.4. The number of nitriles is 1. The summed E-state index contributed by atoms with van der Waals surface area (Å²) in [6.07, 6.45) is 1.70. The topological polar surface area (TPSA) is 136 Å². The molecule has 2 aromatic rings. The summed E-state index contributed by atoms with van der Waals surface area (Å²) in [6.45, 7) is 1.48. The predicted octanol–water partition coefficient (Wildman–Crippen LogP) is 2.23. The number of halogens is 1. The van der Waals surface area contributed by atoms with Crippen LogP contribution in [0.3, 0.4) is 0 Å². The summed E-state index contributed by atoms with van der Waals surface area (Å²) in [6, 6.07) is 14.4. The van der Waals surface area contributed by atoms with Gasteiger partial charge in [-0.3, -0.25) is 9.59 Å². The summed E-state index contributed by atoms with van der Waals surface area (Å²) in [5.41, 5.74) is 4.44. The van der Waals surface area contributed by atoms with Crippen LogP contribution in [-0.4, -0.2) is 72.5 Å². The van der Waals surface area contributed by atoms with Crippen molar-refractivity contribution >= 4 is 29.1 Å². The number of amides is 2. The zero-order valence-corrected chi connectivity index (χ0v) is 21.6. The predicted molar refractivity (Wildman–Crippen MR) is 141 cm³/mol. The van der Waals surface area contributed by atoms with Crippen LogP contribution in [0, 0.1) is 11.3 Å². The lowest BCUT2D eigenvalue weighted by Crippen LogP contribution is -2.48. The normalized spacial score (nSPS) is 16.7. The van der Waals surface area contributed by atoms with E-state index < -0.39 is 6.10 Å². The van der Waals surface area contributed by atoms with Crippen LogP contribution in [0.25, 0.3) is 0 Å². The van der Waals surface area contributed by atoms with E-state index in [0.717, 1.165) is 24.1 Å². The third kappa shape index (κ3) is 7.44. The molecule has 0 spiro atoms. The maximum atomic E-state index is 12.7. The number of benzene rings is 2. The smallest absolute Gasteiger partial charge is 0.260 e. The summed E-state index contributed by atoms with van der Waals surface area (Å²) < 4.78 is 11.3. The van der Waals surface area contributed by atoms with Crippen LogP contribution >= 0.6 is 11.6 Å². The standard InChI is InChI=1S/C27H30ClN5O5/c28-22-13-18(23-6-8-26(35)32-31-23)5-7-25(22)38-17-27(36)33-11-9-20(10-12-33)30-15-21(34)16-37-24-4-2-1-3-19(24)14-29/h1-5,7,13,20-21,30,34H,6,8-12,15-17H2,(H,32,35)/t21-/m0/s1. The van der Waals surface area contributed by atoms with Gasteiger partial charge in [0.15, 0.2) is 6.61 Å². The molecule has 0 bridgehead atoms. The SMILES string of the molecule is N#Cc1ccccc1OC[C@@H](O)CNC1CCN(C(=O)COc2ccc(C3=NNC(=O)CC3)cc2Cl)CC1. The molecule has 2 aliphatic rings. The zero-order valence-electron chi connectivity index (χ0n) is 20.9. The molecule has 1 fully saturated rings. The number of hydrogen-bond acceptors (Lipinski definition) is 8. The Hall–Kier alpha value is -3.65. The van der Waals surface area contributed by atoms with Gasteiger partial charge in [0, 0.05) is 38.5 Å². The molecule has 1 saturated heterocycles. The number of aliphatic hydroxyl groups is 1. The fraction of sp³-hybridized carbons (Fsp3) is 0.407. The number of likely N-dealkylation sites (tertiary alicyclic amines) is 1. The van der Waals surface area contributed by atoms with Crippen LogP contribution in [-0.2, 0) is 9.59 Å². The van der Waals surface area contributed by atoms with Gasteiger partial charge in [-0.15, -0.1) is 0 Å². The van der Waals surface area contributed by atoms with E-state index in [1.54, 1.807) is 47.4 Å². The second-order valence-corrected chi connectivity index (χ2v) is 9.57. The molecule has 10 nitrogen and oxygen atoms in total. The van der Waals surface area contributed by atoms with Crippen LogP contribution in [0.5, 0.6) is 11.5 Å². The molecular formula is C27H30ClN5O5. The second-order valence-electron chi connectivity index (χ2n) is 9.16. The van der Waals surface area contributed by atoms with E-state index in [-0.39, 0.29) is 31.1 Å². The molecule has 4 rings (SSSR count). The van der Waals surface area contributed by atoms with Crippen molar-refractivity contribution in [2.45, 2.75) is 37.8 Å². The van der Waals surface area contributed by atoms with Gasteiger partial charge in [0.1, 0.15) is 30.3 Å². The lowest BCUT2D eigenvalue weighted by molar-refractivity contribution is -0.134. The Kier molecular flexibility index (Phi) is 9.54. The van der Waals surface area contributed by atoms with Crippen molar-refractivity contribution in [2.75, 3.05) is 32.8 Å². The second kappa shape index (κ2) is 13.2. The van der Waals surface area contributed by atoms with E-state index in [0.29, 0.717) is 54.6 Å². The Balaban J connectivity index is 1.15. The minimum absolute atomic E-state index is 0.0780. The summed E-state index contributed by atoms with van der Waals surface area (Å²) in [5, 5.41) is 27.2. The first-order valence-corrected chi connectivity index (χ1v) is 12.9. The molecule has 200 valence electrons. The van der Waals surface area contributed by atoms with E-state index in [2.05, 4.69) is 21.9 Å². The number of nitrogens with one attached hydrogen (secondary N) is 2. The van der Waals surface area contributed by atoms with Gasteiger partial charge in [-0.25, -0.2) is 5.43 Å². The van der Waals surface area contributed by atoms with Gasteiger partial charge in [0.2, 0.25) is 5.91 Å². The lowest BCUT2D eigenvalue weighted by atomic mass is 10.0. The van der Waals surface area contributed by atoms with Crippen molar-refractivity contribution in [2.24, 2.45) is 5.10 Å². The number of hydrogen-bond donors (Lipinski definition) is 3. The number of carbonyl (C=O) groups excluding carboxylic acids is 2. The number of para-hydroxylation sites is 1. The van der Waals surface area contributed by atoms with Crippen molar-refractivity contribution in [1.29, 1.82) is 5.26 Å². The molecule has 3 N–H and O–H groups in total. The molecule has 2 aromatic carbocycles. The number of ether oxygens (including phenoxy) is 2. The molecule has 2 amide bonds. The van der Waals surface area contributed by atoms with Crippen molar-refractivity contribution in [1.82, 2.24) is 15.6 Å². The van der Waals surface area contributed by atoms with Crippen LogP contribution < -0.4 is 20.2 Å². The first-order chi connectivity index (χ1) is 18.4. The van der Waals surface area contributed by atoms with E-state index in [1.807, 2.05) is 0 Å². The van der Waals surface area contributed by atoms with Crippen LogP contribution in [0.4, 0.5) is 0 Å². The number of carbonyl (C=O) groups is 2. The van der Waals surface area contributed by atoms with Crippen molar-refractivity contribution in [3.63, 3.8) is 0 Å². The van der Waals surface area contributed by atoms with Crippen molar-refractivity contribution in [3.05, 3.63) is 58.6 Å². The molecule has 1 atom stereocenters. The summed E-state index contributed by atoms with van der Waals surface area (Å²) >= 11 is 6.35. The number of piperidine rings is 1. The molecule has 38 heavy (non-hydrogen) atoms. The maximum absolute atomic E-state index is 12.7.